The molecule has 3 aromatic rings. The van der Waals surface area contributed by atoms with E-state index in [4.69, 9.17) is 9.47 Å². The molecule has 0 saturated heterocycles. The van der Waals surface area contributed by atoms with E-state index in [1.807, 2.05) is 13.8 Å². The summed E-state index contributed by atoms with van der Waals surface area (Å²) < 4.78 is 11.6. The van der Waals surface area contributed by atoms with Crippen LogP contribution >= 0.6 is 0 Å². The average Bonchev–Trinajstić information content (AvgIpc) is 3.23. The molecule has 1 aromatic heterocycles. The van der Waals surface area contributed by atoms with Crippen LogP contribution in [0.15, 0.2) is 41.4 Å². The van der Waals surface area contributed by atoms with Crippen molar-refractivity contribution < 1.29 is 9.47 Å². The number of aromatic nitrogens is 4. The van der Waals surface area contributed by atoms with Crippen LogP contribution in [-0.2, 0) is 13.0 Å². The Hall–Kier alpha value is -3.22. The Balaban J connectivity index is 1.68. The first-order valence-electron chi connectivity index (χ1n) is 12.3. The highest BCUT2D eigenvalue weighted by atomic mass is 16.5. The molecule has 0 amide bonds. The third-order valence-electron chi connectivity index (χ3n) is 6.68. The quantitative estimate of drug-likeness (QED) is 0.312. The number of ether oxygens (including phenoxy) is 2. The van der Waals surface area contributed by atoms with E-state index < -0.39 is 0 Å². The van der Waals surface area contributed by atoms with Crippen molar-refractivity contribution >= 4 is 6.72 Å². The lowest BCUT2D eigenvalue weighted by molar-refractivity contribution is 0.309. The zero-order valence-corrected chi connectivity index (χ0v) is 20.5. The summed E-state index contributed by atoms with van der Waals surface area (Å²) in [5, 5.41) is 12.6. The lowest BCUT2D eigenvalue weighted by Crippen LogP contribution is -2.17. The third kappa shape index (κ3) is 5.29. The Morgan fingerprint density at radius 2 is 1.85 bits per heavy atom. The van der Waals surface area contributed by atoms with Gasteiger partial charge in [-0.05, 0) is 73.9 Å². The van der Waals surface area contributed by atoms with E-state index in [1.54, 1.807) is 11.9 Å². The number of aliphatic imine (C=N–C) groups is 1. The lowest BCUT2D eigenvalue weighted by atomic mass is 9.83. The second kappa shape index (κ2) is 11.3. The van der Waals surface area contributed by atoms with Crippen molar-refractivity contribution in [1.82, 2.24) is 20.2 Å². The van der Waals surface area contributed by atoms with Crippen molar-refractivity contribution in [2.24, 2.45) is 4.99 Å². The van der Waals surface area contributed by atoms with Gasteiger partial charge in [0, 0.05) is 11.5 Å². The number of rotatable bonds is 9. The van der Waals surface area contributed by atoms with Gasteiger partial charge in [-0.2, -0.15) is 4.80 Å². The maximum atomic E-state index is 5.95. The third-order valence-corrected chi connectivity index (χ3v) is 6.68. The minimum Gasteiger partial charge on any atom is -0.493 e. The molecule has 7 heteroatoms. The molecule has 1 fully saturated rings. The van der Waals surface area contributed by atoms with E-state index in [0.717, 1.165) is 36.3 Å². The fourth-order valence-electron chi connectivity index (χ4n) is 4.90. The predicted octanol–water partition coefficient (Wildman–Crippen LogP) is 5.48. The van der Waals surface area contributed by atoms with Gasteiger partial charge in [-0.15, -0.1) is 10.2 Å². The van der Waals surface area contributed by atoms with Crippen molar-refractivity contribution in [3.8, 4) is 22.9 Å². The summed E-state index contributed by atoms with van der Waals surface area (Å²) in [6.45, 7) is 9.23. The smallest absolute Gasteiger partial charge is 0.204 e. The van der Waals surface area contributed by atoms with Gasteiger partial charge in [-0.1, -0.05) is 43.5 Å². The van der Waals surface area contributed by atoms with E-state index in [0.29, 0.717) is 24.9 Å². The number of tetrazole rings is 1. The van der Waals surface area contributed by atoms with Crippen LogP contribution in [0.3, 0.4) is 0 Å². The van der Waals surface area contributed by atoms with Crippen molar-refractivity contribution in [3.05, 3.63) is 53.1 Å². The van der Waals surface area contributed by atoms with E-state index in [1.165, 1.54) is 36.0 Å². The zero-order valence-electron chi connectivity index (χ0n) is 20.5. The van der Waals surface area contributed by atoms with Crippen LogP contribution in [0.4, 0.5) is 0 Å². The first-order chi connectivity index (χ1) is 16.7. The Bertz CT molecular complexity index is 1090. The summed E-state index contributed by atoms with van der Waals surface area (Å²) in [5.74, 6) is 2.56. The molecule has 4 rings (SSSR count). The molecule has 180 valence electrons. The highest BCUT2D eigenvalue weighted by molar-refractivity contribution is 5.55. The van der Waals surface area contributed by atoms with Crippen LogP contribution in [0, 0.1) is 0 Å². The largest absolute Gasteiger partial charge is 0.493 e. The minimum atomic E-state index is 0.235. The van der Waals surface area contributed by atoms with Gasteiger partial charge in [-0.3, -0.25) is 4.99 Å². The Labute approximate surface area is 202 Å². The summed E-state index contributed by atoms with van der Waals surface area (Å²) in [7, 11) is 1.70. The number of hydrogen-bond donors (Lipinski definition) is 0. The first kappa shape index (κ1) is 23.9. The van der Waals surface area contributed by atoms with Gasteiger partial charge in [0.25, 0.3) is 0 Å². The molecule has 1 heterocycles. The molecule has 2 unspecified atom stereocenters. The van der Waals surface area contributed by atoms with Gasteiger partial charge < -0.3 is 9.47 Å². The maximum absolute atomic E-state index is 5.95. The van der Waals surface area contributed by atoms with Gasteiger partial charge in [0.1, 0.15) is 0 Å². The van der Waals surface area contributed by atoms with Crippen LogP contribution in [0.25, 0.3) is 11.4 Å². The molecule has 0 bridgehead atoms. The van der Waals surface area contributed by atoms with Gasteiger partial charge in [0.05, 0.1) is 26.3 Å². The number of methoxy groups -OCH3 is 1. The Kier molecular flexibility index (Phi) is 7.93. The number of nitrogens with zero attached hydrogens (tertiary/aromatic N) is 5. The highest BCUT2D eigenvalue weighted by Crippen LogP contribution is 2.41. The molecule has 0 aliphatic heterocycles. The average molecular weight is 462 g/mol. The standard InChI is InChI=1S/C27H35N5O2/c1-5-32-30-27(29-31-32)20-14-12-19(13-15-20)16-21-17-25(33-4)26(34-6-2)18-23(21)22-10-8-7-9-11-24(22)28-3/h12-15,17-18,22,24H,3,5-11,16H2,1-2,4H3. The van der Waals surface area contributed by atoms with Crippen molar-refractivity contribution in [3.63, 3.8) is 0 Å². The molecule has 1 aliphatic carbocycles. The van der Waals surface area contributed by atoms with Gasteiger partial charge in [0.2, 0.25) is 5.82 Å². The molecular weight excluding hydrogens is 426 g/mol. The van der Waals surface area contributed by atoms with Crippen molar-refractivity contribution in [2.45, 2.75) is 70.9 Å². The topological polar surface area (TPSA) is 74.4 Å². The van der Waals surface area contributed by atoms with E-state index in [-0.39, 0.29) is 6.04 Å². The van der Waals surface area contributed by atoms with Gasteiger partial charge in [0.15, 0.2) is 11.5 Å². The molecular formula is C27H35N5O2. The van der Waals surface area contributed by atoms with Gasteiger partial charge in [-0.25, -0.2) is 0 Å². The zero-order chi connectivity index (χ0) is 23.9. The number of benzene rings is 2. The molecule has 34 heavy (non-hydrogen) atoms. The van der Waals surface area contributed by atoms with E-state index in [9.17, 15) is 0 Å². The van der Waals surface area contributed by atoms with E-state index in [2.05, 4.69) is 63.5 Å². The van der Waals surface area contributed by atoms with Crippen molar-refractivity contribution in [2.75, 3.05) is 13.7 Å². The fourth-order valence-corrected chi connectivity index (χ4v) is 4.90. The maximum Gasteiger partial charge on any atom is 0.204 e. The monoisotopic (exact) mass is 461 g/mol. The van der Waals surface area contributed by atoms with Crippen LogP contribution in [-0.4, -0.2) is 46.7 Å². The van der Waals surface area contributed by atoms with Crippen LogP contribution in [0.5, 0.6) is 11.5 Å². The molecule has 0 radical (unpaired) electrons. The SMILES string of the molecule is C=NC1CCCCCC1c1cc(OCC)c(OC)cc1Cc1ccc(-c2nnn(CC)n2)cc1. The summed E-state index contributed by atoms with van der Waals surface area (Å²) in [5.41, 5.74) is 4.74. The number of aryl methyl sites for hydroxylation is 1. The summed E-state index contributed by atoms with van der Waals surface area (Å²) in [4.78, 5) is 6.14. The highest BCUT2D eigenvalue weighted by Gasteiger charge is 2.27. The lowest BCUT2D eigenvalue weighted by Gasteiger charge is -2.26. The van der Waals surface area contributed by atoms with Crippen LogP contribution in [0.1, 0.15) is 68.6 Å². The molecule has 0 spiro atoms. The second-order valence-corrected chi connectivity index (χ2v) is 8.80. The predicted molar refractivity (Wildman–Crippen MR) is 135 cm³/mol. The summed E-state index contributed by atoms with van der Waals surface area (Å²) in [6, 6.07) is 13.0. The molecule has 2 atom stereocenters. The Morgan fingerprint density at radius 3 is 2.53 bits per heavy atom. The molecule has 1 aliphatic rings. The Morgan fingerprint density at radius 1 is 1.06 bits per heavy atom. The van der Waals surface area contributed by atoms with Crippen molar-refractivity contribution in [1.29, 1.82) is 0 Å². The first-order valence-corrected chi connectivity index (χ1v) is 12.3. The molecule has 1 saturated carbocycles. The fraction of sp³-hybridized carbons (Fsp3) is 0.481. The normalized spacial score (nSPS) is 18.3. The van der Waals surface area contributed by atoms with Crippen LogP contribution in [0.2, 0.25) is 0 Å². The van der Waals surface area contributed by atoms with E-state index >= 15 is 0 Å². The molecule has 2 aromatic carbocycles. The molecule has 0 N–H and O–H groups in total. The number of hydrogen-bond acceptors (Lipinski definition) is 6. The van der Waals surface area contributed by atoms with Crippen LogP contribution < -0.4 is 9.47 Å². The minimum absolute atomic E-state index is 0.235. The second-order valence-electron chi connectivity index (χ2n) is 8.80. The van der Waals surface area contributed by atoms with Gasteiger partial charge >= 0.3 is 0 Å². The summed E-state index contributed by atoms with van der Waals surface area (Å²) >= 11 is 0. The molecule has 7 nitrogen and oxygen atoms in total. The summed E-state index contributed by atoms with van der Waals surface area (Å²) in [6.07, 6.45) is 6.68.